The second kappa shape index (κ2) is 6.32. The van der Waals surface area contributed by atoms with Crippen LogP contribution >= 0.6 is 0 Å². The van der Waals surface area contributed by atoms with E-state index in [1.54, 1.807) is 11.6 Å². The molecule has 0 N–H and O–H groups in total. The average Bonchev–Trinajstić information content (AvgIpc) is 2.90. The molecule has 20 heavy (non-hydrogen) atoms. The number of carbonyl (C=O) groups is 1. The lowest BCUT2D eigenvalue weighted by Gasteiger charge is -2.16. The van der Waals surface area contributed by atoms with Gasteiger partial charge in [-0.2, -0.15) is 5.10 Å². The number of rotatable bonds is 5. The van der Waals surface area contributed by atoms with Gasteiger partial charge in [-0.05, 0) is 26.3 Å². The van der Waals surface area contributed by atoms with E-state index in [9.17, 15) is 4.79 Å². The molecular weight excluding hydrogens is 254 g/mol. The van der Waals surface area contributed by atoms with Crippen LogP contribution in [0.2, 0.25) is 0 Å². The molecule has 0 amide bonds. The SMILES string of the molecule is CCOC(=O)C(c1ccc(C)cc1)c1ncnn1CC. The lowest BCUT2D eigenvalue weighted by Crippen LogP contribution is -2.21. The molecule has 0 bridgehead atoms. The number of esters is 1. The molecule has 1 aromatic carbocycles. The first kappa shape index (κ1) is 14.2. The van der Waals surface area contributed by atoms with Gasteiger partial charge in [-0.3, -0.25) is 4.79 Å². The van der Waals surface area contributed by atoms with Crippen molar-refractivity contribution in [1.29, 1.82) is 0 Å². The fraction of sp³-hybridized carbons (Fsp3) is 0.400. The molecule has 5 heteroatoms. The quantitative estimate of drug-likeness (QED) is 0.784. The van der Waals surface area contributed by atoms with Crippen molar-refractivity contribution >= 4 is 5.97 Å². The van der Waals surface area contributed by atoms with Gasteiger partial charge in [-0.15, -0.1) is 0 Å². The number of benzene rings is 1. The first-order chi connectivity index (χ1) is 9.67. The molecule has 2 aromatic rings. The van der Waals surface area contributed by atoms with E-state index >= 15 is 0 Å². The molecule has 0 saturated heterocycles. The summed E-state index contributed by atoms with van der Waals surface area (Å²) in [5, 5.41) is 4.14. The molecule has 0 spiro atoms. The number of hydrogen-bond donors (Lipinski definition) is 0. The van der Waals surface area contributed by atoms with Crippen molar-refractivity contribution in [2.45, 2.75) is 33.2 Å². The van der Waals surface area contributed by atoms with Gasteiger partial charge in [0.15, 0.2) is 0 Å². The van der Waals surface area contributed by atoms with E-state index in [0.29, 0.717) is 19.0 Å². The summed E-state index contributed by atoms with van der Waals surface area (Å²) in [6.07, 6.45) is 1.47. The molecule has 1 aromatic heterocycles. The molecular formula is C15H19N3O2. The lowest BCUT2D eigenvalue weighted by molar-refractivity contribution is -0.144. The van der Waals surface area contributed by atoms with Gasteiger partial charge in [0.1, 0.15) is 18.1 Å². The van der Waals surface area contributed by atoms with Crippen LogP contribution < -0.4 is 0 Å². The summed E-state index contributed by atoms with van der Waals surface area (Å²) in [6, 6.07) is 7.83. The van der Waals surface area contributed by atoms with Crippen LogP contribution in [-0.2, 0) is 16.1 Å². The zero-order chi connectivity index (χ0) is 14.5. The number of aromatic nitrogens is 3. The Morgan fingerprint density at radius 3 is 2.60 bits per heavy atom. The third-order valence-electron chi connectivity index (χ3n) is 3.14. The molecule has 0 saturated carbocycles. The number of carbonyl (C=O) groups excluding carboxylic acids is 1. The number of nitrogens with zero attached hydrogens (tertiary/aromatic N) is 3. The van der Waals surface area contributed by atoms with Gasteiger partial charge in [0, 0.05) is 6.54 Å². The Labute approximate surface area is 118 Å². The van der Waals surface area contributed by atoms with Crippen molar-refractivity contribution in [3.63, 3.8) is 0 Å². The van der Waals surface area contributed by atoms with Gasteiger partial charge in [0.2, 0.25) is 0 Å². The van der Waals surface area contributed by atoms with E-state index < -0.39 is 5.92 Å². The molecule has 5 nitrogen and oxygen atoms in total. The van der Waals surface area contributed by atoms with Crippen molar-refractivity contribution in [3.8, 4) is 0 Å². The van der Waals surface area contributed by atoms with Crippen LogP contribution in [0.15, 0.2) is 30.6 Å². The van der Waals surface area contributed by atoms with Gasteiger partial charge in [-0.1, -0.05) is 29.8 Å². The van der Waals surface area contributed by atoms with Crippen LogP contribution in [0.1, 0.15) is 36.7 Å². The molecule has 1 heterocycles. The molecule has 1 unspecified atom stereocenters. The van der Waals surface area contributed by atoms with Gasteiger partial charge in [0.05, 0.1) is 6.61 Å². The summed E-state index contributed by atoms with van der Waals surface area (Å²) >= 11 is 0. The van der Waals surface area contributed by atoms with Gasteiger partial charge >= 0.3 is 5.97 Å². The van der Waals surface area contributed by atoms with E-state index in [4.69, 9.17) is 4.74 Å². The van der Waals surface area contributed by atoms with Crippen molar-refractivity contribution in [1.82, 2.24) is 14.8 Å². The average molecular weight is 273 g/mol. The van der Waals surface area contributed by atoms with Crippen molar-refractivity contribution in [2.24, 2.45) is 0 Å². The highest BCUT2D eigenvalue weighted by atomic mass is 16.5. The van der Waals surface area contributed by atoms with E-state index in [-0.39, 0.29) is 5.97 Å². The van der Waals surface area contributed by atoms with E-state index in [1.165, 1.54) is 6.33 Å². The molecule has 0 aliphatic heterocycles. The summed E-state index contributed by atoms with van der Waals surface area (Å²) < 4.78 is 6.92. The maximum absolute atomic E-state index is 12.3. The number of aryl methyl sites for hydroxylation is 2. The minimum atomic E-state index is -0.530. The first-order valence-electron chi connectivity index (χ1n) is 6.78. The summed E-state index contributed by atoms with van der Waals surface area (Å²) in [5.74, 6) is -0.202. The Morgan fingerprint density at radius 1 is 1.30 bits per heavy atom. The van der Waals surface area contributed by atoms with Gasteiger partial charge in [-0.25, -0.2) is 9.67 Å². The summed E-state index contributed by atoms with van der Waals surface area (Å²) in [4.78, 5) is 16.5. The highest BCUT2D eigenvalue weighted by Crippen LogP contribution is 2.25. The normalized spacial score (nSPS) is 12.2. The molecule has 0 aliphatic carbocycles. The van der Waals surface area contributed by atoms with Gasteiger partial charge < -0.3 is 4.74 Å². The minimum absolute atomic E-state index is 0.293. The monoisotopic (exact) mass is 273 g/mol. The Balaban J connectivity index is 2.44. The highest BCUT2D eigenvalue weighted by molar-refractivity contribution is 5.81. The topological polar surface area (TPSA) is 57.0 Å². The molecule has 106 valence electrons. The van der Waals surface area contributed by atoms with Gasteiger partial charge in [0.25, 0.3) is 0 Å². The lowest BCUT2D eigenvalue weighted by atomic mass is 9.97. The van der Waals surface area contributed by atoms with E-state index in [1.807, 2.05) is 38.1 Å². The fourth-order valence-electron chi connectivity index (χ4n) is 2.12. The minimum Gasteiger partial charge on any atom is -0.465 e. The fourth-order valence-corrected chi connectivity index (χ4v) is 2.12. The predicted molar refractivity (Wildman–Crippen MR) is 75.4 cm³/mol. The first-order valence-corrected chi connectivity index (χ1v) is 6.78. The number of ether oxygens (including phenoxy) is 1. The van der Waals surface area contributed by atoms with Crippen LogP contribution in [-0.4, -0.2) is 27.3 Å². The maximum Gasteiger partial charge on any atom is 0.321 e. The second-order valence-corrected chi connectivity index (χ2v) is 4.53. The van der Waals surface area contributed by atoms with Crippen LogP contribution in [0, 0.1) is 6.92 Å². The van der Waals surface area contributed by atoms with Crippen LogP contribution in [0.25, 0.3) is 0 Å². The van der Waals surface area contributed by atoms with Crippen molar-refractivity contribution in [2.75, 3.05) is 6.61 Å². The predicted octanol–water partition coefficient (Wildman–Crippen LogP) is 2.30. The zero-order valence-corrected chi connectivity index (χ0v) is 12.0. The Hall–Kier alpha value is -2.17. The number of hydrogen-bond acceptors (Lipinski definition) is 4. The molecule has 0 radical (unpaired) electrons. The van der Waals surface area contributed by atoms with E-state index in [0.717, 1.165) is 11.1 Å². The van der Waals surface area contributed by atoms with Crippen LogP contribution in [0.3, 0.4) is 0 Å². The molecule has 1 atom stereocenters. The van der Waals surface area contributed by atoms with Crippen molar-refractivity contribution in [3.05, 3.63) is 47.5 Å². The summed E-state index contributed by atoms with van der Waals surface area (Å²) in [6.45, 7) is 6.79. The largest absolute Gasteiger partial charge is 0.465 e. The Bertz CT molecular complexity index is 575. The smallest absolute Gasteiger partial charge is 0.321 e. The summed E-state index contributed by atoms with van der Waals surface area (Å²) in [7, 11) is 0. The summed E-state index contributed by atoms with van der Waals surface area (Å²) in [5.41, 5.74) is 2.02. The molecule has 0 aliphatic rings. The van der Waals surface area contributed by atoms with E-state index in [2.05, 4.69) is 10.1 Å². The highest BCUT2D eigenvalue weighted by Gasteiger charge is 2.28. The molecule has 2 rings (SSSR count). The third kappa shape index (κ3) is 2.87. The third-order valence-corrected chi connectivity index (χ3v) is 3.14. The van der Waals surface area contributed by atoms with Crippen LogP contribution in [0.5, 0.6) is 0 Å². The second-order valence-electron chi connectivity index (χ2n) is 4.53. The Kier molecular flexibility index (Phi) is 4.50. The standard InChI is InChI=1S/C15H19N3O2/c1-4-18-14(16-10-17-18)13(15(19)20-5-2)12-8-6-11(3)7-9-12/h6-10,13H,4-5H2,1-3H3. The molecule has 0 fully saturated rings. The van der Waals surface area contributed by atoms with Crippen molar-refractivity contribution < 1.29 is 9.53 Å². The maximum atomic E-state index is 12.3. The van der Waals surface area contributed by atoms with Crippen LogP contribution in [0.4, 0.5) is 0 Å². The zero-order valence-electron chi connectivity index (χ0n) is 12.0. The Morgan fingerprint density at radius 2 is 2.00 bits per heavy atom.